The van der Waals surface area contributed by atoms with Gasteiger partial charge in [-0.05, 0) is 12.1 Å². The van der Waals surface area contributed by atoms with Crippen LogP contribution in [0.25, 0.3) is 0 Å². The fourth-order valence-corrected chi connectivity index (χ4v) is 1.07. The average molecular weight is 219 g/mol. The molecular weight excluding hydrogens is 214 g/mol. The van der Waals surface area contributed by atoms with Gasteiger partial charge in [-0.15, -0.1) is 15.3 Å². The van der Waals surface area contributed by atoms with E-state index >= 15 is 0 Å². The SMILES string of the molecule is N#Cc1cccc(C#N)c1N(N)O[N+](=O)[O-]. The van der Waals surface area contributed by atoms with Crippen molar-refractivity contribution in [1.29, 1.82) is 10.5 Å². The lowest BCUT2D eigenvalue weighted by Crippen LogP contribution is -2.34. The summed E-state index contributed by atoms with van der Waals surface area (Å²) in [6.45, 7) is 0. The molecule has 0 spiro atoms. The second kappa shape index (κ2) is 4.59. The lowest BCUT2D eigenvalue weighted by atomic mass is 10.1. The predicted octanol–water partition coefficient (Wildman–Crippen LogP) is 0.233. The van der Waals surface area contributed by atoms with Crippen molar-refractivity contribution in [3.05, 3.63) is 39.4 Å². The number of benzene rings is 1. The van der Waals surface area contributed by atoms with Crippen LogP contribution in [0.1, 0.15) is 11.1 Å². The van der Waals surface area contributed by atoms with E-state index in [2.05, 4.69) is 4.94 Å². The van der Waals surface area contributed by atoms with Crippen LogP contribution in [0.4, 0.5) is 5.69 Å². The fourth-order valence-electron chi connectivity index (χ4n) is 1.07. The van der Waals surface area contributed by atoms with Crippen LogP contribution in [0.5, 0.6) is 0 Å². The summed E-state index contributed by atoms with van der Waals surface area (Å²) in [5, 5.41) is 26.7. The number of hydrogen-bond donors (Lipinski definition) is 1. The van der Waals surface area contributed by atoms with Crippen LogP contribution in [0, 0.1) is 32.8 Å². The molecule has 8 heteroatoms. The third-order valence-electron chi connectivity index (χ3n) is 1.65. The van der Waals surface area contributed by atoms with Crippen molar-refractivity contribution >= 4 is 5.69 Å². The molecule has 0 aliphatic carbocycles. The van der Waals surface area contributed by atoms with E-state index in [9.17, 15) is 10.1 Å². The van der Waals surface area contributed by atoms with Crippen molar-refractivity contribution in [2.45, 2.75) is 0 Å². The molecule has 0 radical (unpaired) electrons. The maximum Gasteiger partial charge on any atom is 0.318 e. The van der Waals surface area contributed by atoms with Crippen LogP contribution < -0.4 is 11.0 Å². The molecule has 0 amide bonds. The molecule has 1 aromatic rings. The van der Waals surface area contributed by atoms with Crippen LogP contribution in [0.3, 0.4) is 0 Å². The highest BCUT2D eigenvalue weighted by molar-refractivity contribution is 5.66. The minimum atomic E-state index is -1.14. The number of hydrogen-bond acceptors (Lipinski definition) is 7. The summed E-state index contributed by atoms with van der Waals surface area (Å²) in [5.41, 5.74) is -0.143. The molecule has 0 aromatic heterocycles. The summed E-state index contributed by atoms with van der Waals surface area (Å²) in [6, 6.07) is 7.68. The van der Waals surface area contributed by atoms with Gasteiger partial charge in [0.15, 0.2) is 0 Å². The van der Waals surface area contributed by atoms with Crippen LogP contribution in [-0.2, 0) is 4.94 Å². The summed E-state index contributed by atoms with van der Waals surface area (Å²) in [6.07, 6.45) is 0. The van der Waals surface area contributed by atoms with Crippen LogP contribution in [0.15, 0.2) is 18.2 Å². The number of nitrogens with zero attached hydrogens (tertiary/aromatic N) is 4. The zero-order chi connectivity index (χ0) is 12.1. The van der Waals surface area contributed by atoms with Crippen molar-refractivity contribution in [2.24, 2.45) is 5.84 Å². The van der Waals surface area contributed by atoms with Crippen LogP contribution >= 0.6 is 0 Å². The molecule has 0 saturated heterocycles. The van der Waals surface area contributed by atoms with E-state index in [0.717, 1.165) is 0 Å². The normalized spacial score (nSPS) is 8.69. The molecule has 0 atom stereocenters. The Hall–Kier alpha value is -2.84. The molecule has 0 aliphatic rings. The van der Waals surface area contributed by atoms with Crippen molar-refractivity contribution < 1.29 is 10.0 Å². The molecule has 16 heavy (non-hydrogen) atoms. The Bertz CT molecular complexity index is 469. The van der Waals surface area contributed by atoms with E-state index in [0.29, 0.717) is 0 Å². The zero-order valence-electron chi connectivity index (χ0n) is 7.82. The average Bonchev–Trinajstić information content (AvgIpc) is 2.26. The van der Waals surface area contributed by atoms with E-state index in [4.69, 9.17) is 16.4 Å². The number of nitriles is 2. The Labute approximate surface area is 89.7 Å². The highest BCUT2D eigenvalue weighted by Crippen LogP contribution is 2.22. The molecule has 80 valence electrons. The molecule has 0 fully saturated rings. The van der Waals surface area contributed by atoms with Gasteiger partial charge in [-0.25, -0.2) is 5.84 Å². The van der Waals surface area contributed by atoms with Gasteiger partial charge in [0.1, 0.15) is 17.8 Å². The Morgan fingerprint density at radius 3 is 2.25 bits per heavy atom. The van der Waals surface area contributed by atoms with Gasteiger partial charge in [0.2, 0.25) is 0 Å². The molecule has 1 rings (SSSR count). The molecule has 0 aliphatic heterocycles. The number of anilines is 1. The maximum atomic E-state index is 10.1. The van der Waals surface area contributed by atoms with Crippen molar-refractivity contribution in [3.8, 4) is 12.1 Å². The Morgan fingerprint density at radius 1 is 1.38 bits per heavy atom. The molecule has 2 N–H and O–H groups in total. The zero-order valence-corrected chi connectivity index (χ0v) is 7.82. The van der Waals surface area contributed by atoms with Crippen LogP contribution in [-0.4, -0.2) is 5.09 Å². The first-order valence-corrected chi connectivity index (χ1v) is 3.90. The maximum absolute atomic E-state index is 10.1. The summed E-state index contributed by atoms with van der Waals surface area (Å²) in [5.74, 6) is 5.22. The lowest BCUT2D eigenvalue weighted by Gasteiger charge is -2.16. The molecule has 0 unspecified atom stereocenters. The minimum Gasteiger partial charge on any atom is -0.223 e. The molecule has 0 heterocycles. The van der Waals surface area contributed by atoms with E-state index in [-0.39, 0.29) is 22.0 Å². The Morgan fingerprint density at radius 2 is 1.88 bits per heavy atom. The first-order chi connectivity index (χ1) is 7.60. The number of rotatable bonds is 3. The van der Waals surface area contributed by atoms with E-state index in [1.807, 2.05) is 0 Å². The third kappa shape index (κ3) is 2.15. The highest BCUT2D eigenvalue weighted by atomic mass is 17.0. The number of nitrogens with two attached hydrogens (primary N) is 1. The molecular formula is C8H5N5O3. The lowest BCUT2D eigenvalue weighted by molar-refractivity contribution is -0.762. The summed E-state index contributed by atoms with van der Waals surface area (Å²) in [7, 11) is 0. The molecule has 8 nitrogen and oxygen atoms in total. The van der Waals surface area contributed by atoms with Crippen molar-refractivity contribution in [3.63, 3.8) is 0 Å². The van der Waals surface area contributed by atoms with Gasteiger partial charge < -0.3 is 0 Å². The quantitative estimate of drug-likeness (QED) is 0.437. The first-order valence-electron chi connectivity index (χ1n) is 3.90. The second-order valence-electron chi connectivity index (χ2n) is 2.56. The molecule has 0 saturated carbocycles. The smallest absolute Gasteiger partial charge is 0.223 e. The van der Waals surface area contributed by atoms with Gasteiger partial charge >= 0.3 is 5.09 Å². The molecule has 1 aromatic carbocycles. The summed E-state index contributed by atoms with van der Waals surface area (Å²) >= 11 is 0. The van der Waals surface area contributed by atoms with Gasteiger partial charge in [0.25, 0.3) is 0 Å². The first kappa shape index (κ1) is 11.2. The van der Waals surface area contributed by atoms with Crippen molar-refractivity contribution in [1.82, 2.24) is 0 Å². The Kier molecular flexibility index (Phi) is 3.22. The van der Waals surface area contributed by atoms with E-state index in [1.165, 1.54) is 18.2 Å². The van der Waals surface area contributed by atoms with Gasteiger partial charge in [0.05, 0.1) is 11.1 Å². The third-order valence-corrected chi connectivity index (χ3v) is 1.65. The van der Waals surface area contributed by atoms with Gasteiger partial charge in [-0.2, -0.15) is 15.5 Å². The largest absolute Gasteiger partial charge is 0.318 e. The van der Waals surface area contributed by atoms with Gasteiger partial charge in [-0.3, -0.25) is 0 Å². The summed E-state index contributed by atoms with van der Waals surface area (Å²) in [4.78, 5) is 14.0. The van der Waals surface area contributed by atoms with Crippen molar-refractivity contribution in [2.75, 3.05) is 5.17 Å². The van der Waals surface area contributed by atoms with E-state index in [1.54, 1.807) is 12.1 Å². The van der Waals surface area contributed by atoms with Gasteiger partial charge in [-0.1, -0.05) is 6.07 Å². The standard InChI is InChI=1S/C8H5N5O3/c9-4-6-2-1-3-7(5-10)8(6)12(11)16-13(14)15/h1-3H,11H2. The number of para-hydroxylation sites is 1. The predicted molar refractivity (Wildman–Crippen MR) is 50.6 cm³/mol. The topological polar surface area (TPSA) is 129 Å². The minimum absolute atomic E-state index is 0.00315. The Balaban J connectivity index is 3.25. The monoisotopic (exact) mass is 219 g/mol. The highest BCUT2D eigenvalue weighted by Gasteiger charge is 2.16. The van der Waals surface area contributed by atoms with E-state index < -0.39 is 5.09 Å². The number of hydrazine groups is 1. The van der Waals surface area contributed by atoms with Crippen LogP contribution in [0.2, 0.25) is 0 Å². The summed E-state index contributed by atoms with van der Waals surface area (Å²) < 4.78 is 0. The van der Waals surface area contributed by atoms with Gasteiger partial charge in [0, 0.05) is 0 Å². The fraction of sp³-hybridized carbons (Fsp3) is 0. The second-order valence-corrected chi connectivity index (χ2v) is 2.56. The molecule has 0 bridgehead atoms.